The number of methoxy groups -OCH3 is 1. The molecule has 2 N–H and O–H groups in total. The van der Waals surface area contributed by atoms with Gasteiger partial charge in [-0.25, -0.2) is 13.4 Å². The lowest BCUT2D eigenvalue weighted by molar-refractivity contribution is 0.210. The molecule has 118 valence electrons. The Morgan fingerprint density at radius 2 is 2.00 bits per heavy atom. The van der Waals surface area contributed by atoms with E-state index >= 15 is 0 Å². The molecule has 2 aromatic rings. The van der Waals surface area contributed by atoms with Gasteiger partial charge in [0.05, 0.1) is 23.5 Å². The number of nitrogens with zero attached hydrogens (tertiary/aromatic N) is 1. The summed E-state index contributed by atoms with van der Waals surface area (Å²) in [5.41, 5.74) is 0.359. The molecule has 0 aliphatic carbocycles. The molecule has 0 aliphatic heterocycles. The summed E-state index contributed by atoms with van der Waals surface area (Å²) in [6.07, 6.45) is 1.43. The molecule has 22 heavy (non-hydrogen) atoms. The summed E-state index contributed by atoms with van der Waals surface area (Å²) in [7, 11) is -2.13. The second-order valence-electron chi connectivity index (χ2n) is 4.39. The quantitative estimate of drug-likeness (QED) is 0.757. The Bertz CT molecular complexity index is 720. The number of rotatable bonds is 7. The fraction of sp³-hybridized carbons (Fsp3) is 0.214. The van der Waals surface area contributed by atoms with Gasteiger partial charge >= 0.3 is 0 Å². The van der Waals surface area contributed by atoms with Gasteiger partial charge in [-0.05, 0) is 24.3 Å². The number of benzene rings is 1. The highest BCUT2D eigenvalue weighted by molar-refractivity contribution is 7.92. The van der Waals surface area contributed by atoms with E-state index in [1.54, 1.807) is 31.4 Å². The number of pyridine rings is 1. The predicted octanol–water partition coefficient (Wildman–Crippen LogP) is 2.59. The van der Waals surface area contributed by atoms with Crippen molar-refractivity contribution >= 4 is 33.1 Å². The molecule has 0 unspecified atom stereocenters. The first-order valence-electron chi connectivity index (χ1n) is 6.49. The predicted molar refractivity (Wildman–Crippen MR) is 86.9 cm³/mol. The van der Waals surface area contributed by atoms with E-state index in [0.29, 0.717) is 24.7 Å². The van der Waals surface area contributed by atoms with Crippen LogP contribution >= 0.6 is 11.6 Å². The minimum absolute atomic E-state index is 0.0268. The van der Waals surface area contributed by atoms with Gasteiger partial charge in [0, 0.05) is 13.7 Å². The zero-order valence-electron chi connectivity index (χ0n) is 11.9. The lowest BCUT2D eigenvalue weighted by atomic mass is 10.4. The third-order valence-electron chi connectivity index (χ3n) is 2.75. The van der Waals surface area contributed by atoms with Gasteiger partial charge in [-0.3, -0.25) is 4.72 Å². The van der Waals surface area contributed by atoms with Crippen LogP contribution in [0.1, 0.15) is 0 Å². The zero-order chi connectivity index (χ0) is 16.0. The third kappa shape index (κ3) is 4.33. The number of anilines is 2. The number of hydrogen-bond donors (Lipinski definition) is 2. The Kier molecular flexibility index (Phi) is 5.59. The Morgan fingerprint density at radius 1 is 1.23 bits per heavy atom. The number of halogens is 1. The summed E-state index contributed by atoms with van der Waals surface area (Å²) in [5.74, 6) is 0.637. The monoisotopic (exact) mass is 341 g/mol. The molecule has 6 nitrogen and oxygen atoms in total. The molecule has 1 aromatic carbocycles. The summed E-state index contributed by atoms with van der Waals surface area (Å²) in [5, 5.41) is 3.21. The van der Waals surface area contributed by atoms with Crippen molar-refractivity contribution in [3.05, 3.63) is 47.6 Å². The molecular weight excluding hydrogens is 326 g/mol. The average molecular weight is 342 g/mol. The first kappa shape index (κ1) is 16.5. The van der Waals surface area contributed by atoms with Crippen LogP contribution in [-0.2, 0) is 14.8 Å². The maximum atomic E-state index is 12.3. The van der Waals surface area contributed by atoms with E-state index in [4.69, 9.17) is 16.3 Å². The van der Waals surface area contributed by atoms with Crippen LogP contribution in [0.5, 0.6) is 0 Å². The SMILES string of the molecule is COCCNc1ccc(NS(=O)(=O)c2ccccc2Cl)cn1. The van der Waals surface area contributed by atoms with Crippen molar-refractivity contribution in [3.63, 3.8) is 0 Å². The fourth-order valence-electron chi connectivity index (χ4n) is 1.71. The van der Waals surface area contributed by atoms with Crippen LogP contribution in [0, 0.1) is 0 Å². The van der Waals surface area contributed by atoms with E-state index in [0.717, 1.165) is 0 Å². The standard InChI is InChI=1S/C14H16ClN3O3S/c1-21-9-8-16-14-7-6-11(10-17-14)18-22(19,20)13-5-3-2-4-12(13)15/h2-7,10,18H,8-9H2,1H3,(H,16,17). The van der Waals surface area contributed by atoms with E-state index in [1.165, 1.54) is 18.3 Å². The van der Waals surface area contributed by atoms with Crippen molar-refractivity contribution in [2.75, 3.05) is 30.3 Å². The van der Waals surface area contributed by atoms with Crippen molar-refractivity contribution in [1.82, 2.24) is 4.98 Å². The number of ether oxygens (including phenoxy) is 1. The molecule has 0 amide bonds. The zero-order valence-corrected chi connectivity index (χ0v) is 13.5. The molecular formula is C14H16ClN3O3S. The molecule has 0 saturated heterocycles. The molecule has 2 rings (SSSR count). The van der Waals surface area contributed by atoms with Gasteiger partial charge in [0.1, 0.15) is 10.7 Å². The number of nitrogens with one attached hydrogen (secondary N) is 2. The number of aromatic nitrogens is 1. The van der Waals surface area contributed by atoms with Gasteiger partial charge < -0.3 is 10.1 Å². The van der Waals surface area contributed by atoms with Crippen molar-refractivity contribution < 1.29 is 13.2 Å². The Balaban J connectivity index is 2.09. The third-order valence-corrected chi connectivity index (χ3v) is 4.64. The minimum atomic E-state index is -3.74. The van der Waals surface area contributed by atoms with Crippen LogP contribution in [0.3, 0.4) is 0 Å². The van der Waals surface area contributed by atoms with Crippen molar-refractivity contribution in [2.24, 2.45) is 0 Å². The van der Waals surface area contributed by atoms with Gasteiger partial charge in [0.25, 0.3) is 10.0 Å². The summed E-state index contributed by atoms with van der Waals surface area (Å²) in [6, 6.07) is 9.55. The Hall–Kier alpha value is -1.83. The van der Waals surface area contributed by atoms with Crippen LogP contribution < -0.4 is 10.0 Å². The van der Waals surface area contributed by atoms with Crippen LogP contribution in [-0.4, -0.2) is 33.7 Å². The van der Waals surface area contributed by atoms with Crippen LogP contribution in [0.15, 0.2) is 47.5 Å². The van der Waals surface area contributed by atoms with Gasteiger partial charge in [-0.2, -0.15) is 0 Å². The first-order valence-corrected chi connectivity index (χ1v) is 8.35. The molecule has 0 atom stereocenters. The lowest BCUT2D eigenvalue weighted by Gasteiger charge is -2.10. The van der Waals surface area contributed by atoms with Gasteiger partial charge in [-0.1, -0.05) is 23.7 Å². The summed E-state index contributed by atoms with van der Waals surface area (Å²) in [4.78, 5) is 4.15. The molecule has 0 saturated carbocycles. The maximum Gasteiger partial charge on any atom is 0.263 e. The molecule has 0 spiro atoms. The van der Waals surface area contributed by atoms with Gasteiger partial charge in [0.15, 0.2) is 0 Å². The number of hydrogen-bond acceptors (Lipinski definition) is 5. The topological polar surface area (TPSA) is 80.3 Å². The Morgan fingerprint density at radius 3 is 2.64 bits per heavy atom. The first-order chi connectivity index (χ1) is 10.5. The normalized spacial score (nSPS) is 11.2. The fourth-order valence-corrected chi connectivity index (χ4v) is 3.28. The second-order valence-corrected chi connectivity index (χ2v) is 6.45. The Labute approximate surface area is 134 Å². The largest absolute Gasteiger partial charge is 0.383 e. The van der Waals surface area contributed by atoms with Crippen molar-refractivity contribution in [3.8, 4) is 0 Å². The van der Waals surface area contributed by atoms with Crippen molar-refractivity contribution in [2.45, 2.75) is 4.90 Å². The molecule has 0 fully saturated rings. The van der Waals surface area contributed by atoms with Crippen LogP contribution in [0.25, 0.3) is 0 Å². The maximum absolute atomic E-state index is 12.3. The van der Waals surface area contributed by atoms with Crippen LogP contribution in [0.2, 0.25) is 5.02 Å². The highest BCUT2D eigenvalue weighted by Crippen LogP contribution is 2.23. The minimum Gasteiger partial charge on any atom is -0.383 e. The van der Waals surface area contributed by atoms with Crippen LogP contribution in [0.4, 0.5) is 11.5 Å². The lowest BCUT2D eigenvalue weighted by Crippen LogP contribution is -2.14. The van der Waals surface area contributed by atoms with E-state index in [1.807, 2.05) is 0 Å². The molecule has 0 bridgehead atoms. The highest BCUT2D eigenvalue weighted by atomic mass is 35.5. The van der Waals surface area contributed by atoms with E-state index in [-0.39, 0.29) is 9.92 Å². The molecule has 0 aliphatic rings. The highest BCUT2D eigenvalue weighted by Gasteiger charge is 2.17. The summed E-state index contributed by atoms with van der Waals surface area (Å²) < 4.78 is 31.9. The molecule has 0 radical (unpaired) electrons. The summed E-state index contributed by atoms with van der Waals surface area (Å²) in [6.45, 7) is 1.18. The molecule has 8 heteroatoms. The smallest absolute Gasteiger partial charge is 0.263 e. The summed E-state index contributed by atoms with van der Waals surface area (Å²) >= 11 is 5.91. The van der Waals surface area contributed by atoms with Crippen molar-refractivity contribution in [1.29, 1.82) is 0 Å². The van der Waals surface area contributed by atoms with E-state index in [2.05, 4.69) is 15.0 Å². The van der Waals surface area contributed by atoms with E-state index in [9.17, 15) is 8.42 Å². The number of sulfonamides is 1. The van der Waals surface area contributed by atoms with E-state index < -0.39 is 10.0 Å². The van der Waals surface area contributed by atoms with Gasteiger partial charge in [0.2, 0.25) is 0 Å². The second kappa shape index (κ2) is 7.44. The van der Waals surface area contributed by atoms with Gasteiger partial charge in [-0.15, -0.1) is 0 Å². The average Bonchev–Trinajstić information content (AvgIpc) is 2.49. The molecule has 1 aromatic heterocycles. The molecule has 1 heterocycles.